The summed E-state index contributed by atoms with van der Waals surface area (Å²) < 4.78 is 5.34. The monoisotopic (exact) mass is 517 g/mol. The largest absolute Gasteiger partial charge is 0.481 e. The van der Waals surface area contributed by atoms with Crippen molar-refractivity contribution in [2.75, 3.05) is 24.3 Å². The van der Waals surface area contributed by atoms with E-state index in [2.05, 4.69) is 37.0 Å². The lowest BCUT2D eigenvalue weighted by Gasteiger charge is -2.61. The zero-order chi connectivity index (χ0) is 26.1. The summed E-state index contributed by atoms with van der Waals surface area (Å²) in [5.74, 6) is 3.92. The summed E-state index contributed by atoms with van der Waals surface area (Å²) in [6.45, 7) is 1.33. The molecule has 5 aliphatic carbocycles. The normalized spacial score (nSPS) is 33.5. The van der Waals surface area contributed by atoms with Gasteiger partial charge in [0.25, 0.3) is 0 Å². The van der Waals surface area contributed by atoms with Gasteiger partial charge in [0.15, 0.2) is 0 Å². The molecule has 3 unspecified atom stereocenters. The van der Waals surface area contributed by atoms with Crippen molar-refractivity contribution in [1.82, 2.24) is 20.3 Å². The van der Waals surface area contributed by atoms with Gasteiger partial charge in [-0.2, -0.15) is 10.2 Å². The van der Waals surface area contributed by atoms with Crippen LogP contribution in [0.3, 0.4) is 0 Å². The summed E-state index contributed by atoms with van der Waals surface area (Å²) in [7, 11) is 1.61. The van der Waals surface area contributed by atoms with Gasteiger partial charge in [0.2, 0.25) is 11.8 Å². The molecular weight excluding hydrogens is 478 g/mol. The molecule has 9 nitrogen and oxygen atoms in total. The van der Waals surface area contributed by atoms with Crippen LogP contribution in [0.5, 0.6) is 5.88 Å². The van der Waals surface area contributed by atoms with Gasteiger partial charge in [0.1, 0.15) is 17.5 Å². The maximum Gasteiger partial charge on any atom is 0.224 e. The van der Waals surface area contributed by atoms with Crippen LogP contribution in [0, 0.1) is 34.5 Å². The van der Waals surface area contributed by atoms with Crippen molar-refractivity contribution in [3.8, 4) is 11.9 Å². The maximum absolute atomic E-state index is 9.90. The molecule has 2 heterocycles. The highest BCUT2D eigenvalue weighted by Gasteiger charge is 2.55. The molecule has 202 valence electrons. The molecule has 7 rings (SSSR count). The van der Waals surface area contributed by atoms with E-state index in [0.29, 0.717) is 41.8 Å². The van der Waals surface area contributed by atoms with Crippen LogP contribution >= 0.6 is 0 Å². The van der Waals surface area contributed by atoms with Gasteiger partial charge in [-0.25, -0.2) is 9.97 Å². The van der Waals surface area contributed by atoms with E-state index < -0.39 is 0 Å². The van der Waals surface area contributed by atoms with Crippen molar-refractivity contribution in [2.45, 2.75) is 82.5 Å². The third-order valence-corrected chi connectivity index (χ3v) is 9.55. The molecule has 0 aliphatic heterocycles. The molecule has 9 heteroatoms. The lowest BCUT2D eigenvalue weighted by atomic mass is 9.47. The third kappa shape index (κ3) is 5.16. The van der Waals surface area contributed by atoms with Gasteiger partial charge in [-0.15, -0.1) is 0 Å². The van der Waals surface area contributed by atoms with E-state index in [1.807, 2.05) is 12.1 Å². The highest BCUT2D eigenvalue weighted by atomic mass is 16.5. The van der Waals surface area contributed by atoms with Gasteiger partial charge in [-0.1, -0.05) is 6.07 Å². The lowest BCUT2D eigenvalue weighted by Crippen LogP contribution is -2.61. The minimum absolute atomic E-state index is 0.102. The van der Waals surface area contributed by atoms with Crippen molar-refractivity contribution in [1.29, 1.82) is 5.26 Å². The zero-order valence-electron chi connectivity index (χ0n) is 22.2. The topological polar surface area (TPSA) is 128 Å². The van der Waals surface area contributed by atoms with Crippen LogP contribution in [-0.2, 0) is 6.54 Å². The molecule has 4 bridgehead atoms. The first kappa shape index (κ1) is 25.3. The van der Waals surface area contributed by atoms with Crippen molar-refractivity contribution < 1.29 is 9.84 Å². The molecule has 5 fully saturated rings. The number of hydrogen-bond acceptors (Lipinski definition) is 9. The second kappa shape index (κ2) is 10.7. The van der Waals surface area contributed by atoms with Crippen molar-refractivity contribution in [3.05, 3.63) is 35.7 Å². The molecule has 0 radical (unpaired) electrons. The Hall–Kier alpha value is -2.96. The summed E-state index contributed by atoms with van der Waals surface area (Å²) in [5, 5.41) is 30.5. The van der Waals surface area contributed by atoms with Crippen LogP contribution < -0.4 is 20.7 Å². The fourth-order valence-corrected chi connectivity index (χ4v) is 8.07. The van der Waals surface area contributed by atoms with Gasteiger partial charge in [0.05, 0.1) is 19.4 Å². The molecule has 5 saturated carbocycles. The van der Waals surface area contributed by atoms with E-state index in [-0.39, 0.29) is 11.5 Å². The first-order valence-corrected chi connectivity index (χ1v) is 14.2. The molecule has 2 aromatic rings. The summed E-state index contributed by atoms with van der Waals surface area (Å²) in [6, 6.07) is 7.26. The first-order valence-electron chi connectivity index (χ1n) is 14.2. The number of aliphatic hydroxyl groups is 1. The van der Waals surface area contributed by atoms with E-state index in [0.717, 1.165) is 55.5 Å². The molecule has 0 aromatic carbocycles. The lowest BCUT2D eigenvalue weighted by molar-refractivity contribution is -0.0737. The average Bonchev–Trinajstić information content (AvgIpc) is 2.93. The van der Waals surface area contributed by atoms with E-state index >= 15 is 0 Å². The second-order valence-corrected chi connectivity index (χ2v) is 12.1. The Morgan fingerprint density at radius 3 is 2.63 bits per heavy atom. The van der Waals surface area contributed by atoms with Crippen LogP contribution in [0.2, 0.25) is 0 Å². The second-order valence-electron chi connectivity index (χ2n) is 12.1. The Morgan fingerprint density at radius 1 is 1.11 bits per heavy atom. The SMILES string of the molecule is COc1ncccc1CNc1ncc(C#N)c(NCC23CC4C[C@H](C2)C(NC2CCC(O)CC2)[C@@H](C4)C3)n1. The minimum Gasteiger partial charge on any atom is -0.481 e. The number of pyridine rings is 1. The van der Waals surface area contributed by atoms with Gasteiger partial charge in [-0.05, 0) is 87.0 Å². The predicted octanol–water partition coefficient (Wildman–Crippen LogP) is 3.86. The molecule has 38 heavy (non-hydrogen) atoms. The molecule has 5 aliphatic rings. The molecule has 5 atom stereocenters. The molecule has 0 spiro atoms. The van der Waals surface area contributed by atoms with Crippen molar-refractivity contribution >= 4 is 11.8 Å². The average molecular weight is 518 g/mol. The molecule has 0 saturated heterocycles. The summed E-state index contributed by atoms with van der Waals surface area (Å²) in [4.78, 5) is 13.3. The van der Waals surface area contributed by atoms with Crippen LogP contribution in [-0.4, -0.2) is 51.9 Å². The molecular formula is C29H39N7O2. The standard InChI is InChI=1S/C29H39N7O2/c1-38-27-19(3-2-8-31-27)15-32-28-33-16-22(14-30)26(36-28)34-17-29-11-18-9-20(12-29)25(21(10-18)13-29)35-23-4-6-24(37)7-5-23/h2-3,8,16,18,20-21,23-25,35,37H,4-7,9-13,15,17H2,1H3,(H2,32,33,34,36)/t18?,20-,21+,23?,24?,25?,29?. The number of aromatic nitrogens is 3. The minimum atomic E-state index is -0.102. The number of rotatable bonds is 9. The predicted molar refractivity (Wildman–Crippen MR) is 145 cm³/mol. The number of aliphatic hydroxyl groups excluding tert-OH is 1. The number of nitriles is 1. The number of anilines is 2. The number of hydrogen-bond donors (Lipinski definition) is 4. The molecule has 4 N–H and O–H groups in total. The Labute approximate surface area is 224 Å². The van der Waals surface area contributed by atoms with Crippen molar-refractivity contribution in [2.24, 2.45) is 23.2 Å². The van der Waals surface area contributed by atoms with Crippen LogP contribution in [0.25, 0.3) is 0 Å². The van der Waals surface area contributed by atoms with Crippen LogP contribution in [0.4, 0.5) is 11.8 Å². The Kier molecular flexibility index (Phi) is 7.10. The number of methoxy groups -OCH3 is 1. The maximum atomic E-state index is 9.90. The summed E-state index contributed by atoms with van der Waals surface area (Å²) in [5.41, 5.74) is 1.66. The fraction of sp³-hybridized carbons (Fsp3) is 0.655. The van der Waals surface area contributed by atoms with Gasteiger partial charge >= 0.3 is 0 Å². The van der Waals surface area contributed by atoms with Gasteiger partial charge in [0, 0.05) is 36.9 Å². The highest BCUT2D eigenvalue weighted by Crippen LogP contribution is 2.60. The Morgan fingerprint density at radius 2 is 1.89 bits per heavy atom. The molecule has 0 amide bonds. The smallest absolute Gasteiger partial charge is 0.224 e. The fourth-order valence-electron chi connectivity index (χ4n) is 8.07. The van der Waals surface area contributed by atoms with Gasteiger partial charge in [-0.3, -0.25) is 0 Å². The van der Waals surface area contributed by atoms with E-state index in [1.54, 1.807) is 19.5 Å². The van der Waals surface area contributed by atoms with Crippen LogP contribution in [0.15, 0.2) is 24.5 Å². The Balaban J connectivity index is 1.10. The molecule has 2 aromatic heterocycles. The Bertz CT molecular complexity index is 1160. The number of ether oxygens (including phenoxy) is 1. The van der Waals surface area contributed by atoms with Crippen LogP contribution in [0.1, 0.15) is 68.9 Å². The van der Waals surface area contributed by atoms with Gasteiger partial charge < -0.3 is 25.8 Å². The highest BCUT2D eigenvalue weighted by molar-refractivity contribution is 5.53. The van der Waals surface area contributed by atoms with Crippen molar-refractivity contribution in [3.63, 3.8) is 0 Å². The zero-order valence-corrected chi connectivity index (χ0v) is 22.2. The van der Waals surface area contributed by atoms with E-state index in [1.165, 1.54) is 32.1 Å². The third-order valence-electron chi connectivity index (χ3n) is 9.55. The number of nitrogens with zero attached hydrogens (tertiary/aromatic N) is 4. The van der Waals surface area contributed by atoms with E-state index in [9.17, 15) is 10.4 Å². The summed E-state index contributed by atoms with van der Waals surface area (Å²) in [6.07, 6.45) is 13.7. The first-order chi connectivity index (χ1) is 18.5. The van der Waals surface area contributed by atoms with E-state index in [4.69, 9.17) is 4.74 Å². The summed E-state index contributed by atoms with van der Waals surface area (Å²) >= 11 is 0. The quantitative estimate of drug-likeness (QED) is 0.392. The number of nitrogens with one attached hydrogen (secondary N) is 3.